The molecule has 0 aliphatic carbocycles. The maximum atomic E-state index is 12.4. The van der Waals surface area contributed by atoms with Gasteiger partial charge in [-0.3, -0.25) is 4.79 Å². The summed E-state index contributed by atoms with van der Waals surface area (Å²) in [5.41, 5.74) is 6.38. The topological polar surface area (TPSA) is 106 Å². The molecule has 1 heterocycles. The minimum atomic E-state index is -0.276. The van der Waals surface area contributed by atoms with Gasteiger partial charge >= 0.3 is 5.16 Å². The second kappa shape index (κ2) is 11.3. The van der Waals surface area contributed by atoms with Gasteiger partial charge in [-0.05, 0) is 64.7 Å². The molecule has 0 atom stereocenters. The van der Waals surface area contributed by atoms with E-state index >= 15 is 0 Å². The highest BCUT2D eigenvalue weighted by Crippen LogP contribution is 2.26. The number of aromatic amines is 1. The summed E-state index contributed by atoms with van der Waals surface area (Å²) in [5.74, 6) is 1.31. The first kappa shape index (κ1) is 26.0. The van der Waals surface area contributed by atoms with Gasteiger partial charge in [0.05, 0.1) is 29.7 Å². The van der Waals surface area contributed by atoms with Gasteiger partial charge in [0.1, 0.15) is 11.4 Å². The van der Waals surface area contributed by atoms with Crippen LogP contribution in [-0.2, 0) is 10.2 Å². The van der Waals surface area contributed by atoms with Crippen LogP contribution in [0.2, 0.25) is 0 Å². The molecule has 190 valence electrons. The first-order valence-corrected chi connectivity index (χ1v) is 12.7. The second-order valence-corrected chi connectivity index (χ2v) is 10.3. The monoisotopic (exact) mass is 515 g/mol. The van der Waals surface area contributed by atoms with Crippen molar-refractivity contribution in [3.63, 3.8) is 0 Å². The van der Waals surface area contributed by atoms with Crippen LogP contribution in [0.15, 0.2) is 83.1 Å². The van der Waals surface area contributed by atoms with Gasteiger partial charge in [-0.25, -0.2) is 5.43 Å². The molecule has 0 saturated heterocycles. The molecule has 0 aliphatic rings. The van der Waals surface area contributed by atoms with Crippen molar-refractivity contribution in [1.29, 1.82) is 0 Å². The third kappa shape index (κ3) is 6.56. The summed E-state index contributed by atoms with van der Waals surface area (Å²) in [7, 11) is 1.63. The van der Waals surface area contributed by atoms with E-state index in [-0.39, 0.29) is 22.8 Å². The fourth-order valence-corrected chi connectivity index (χ4v) is 4.34. The zero-order valence-electron chi connectivity index (χ0n) is 21.2. The quantitative estimate of drug-likeness (QED) is 0.160. The SMILES string of the molecule is COc1ccc(-[n+]2c(SCC(=O)NN=Cc3ccc([O-])cc3)n[nH]c2-c2ccc(C(C)(C)C)cc2)cc1. The summed E-state index contributed by atoms with van der Waals surface area (Å²) in [5, 5.41) is 23.5. The zero-order valence-corrected chi connectivity index (χ0v) is 22.0. The van der Waals surface area contributed by atoms with E-state index in [1.54, 1.807) is 19.2 Å². The summed E-state index contributed by atoms with van der Waals surface area (Å²) in [6.45, 7) is 6.55. The van der Waals surface area contributed by atoms with E-state index < -0.39 is 0 Å². The van der Waals surface area contributed by atoms with Gasteiger partial charge < -0.3 is 9.84 Å². The van der Waals surface area contributed by atoms with Crippen molar-refractivity contribution in [2.24, 2.45) is 5.10 Å². The molecule has 1 amide bonds. The van der Waals surface area contributed by atoms with E-state index in [2.05, 4.69) is 65.8 Å². The Balaban J connectivity index is 1.54. The van der Waals surface area contributed by atoms with Crippen molar-refractivity contribution in [3.05, 3.63) is 83.9 Å². The Morgan fingerprint density at radius 2 is 1.76 bits per heavy atom. The van der Waals surface area contributed by atoms with Gasteiger partial charge in [0.2, 0.25) is 0 Å². The van der Waals surface area contributed by atoms with E-state index in [1.807, 2.05) is 28.8 Å². The van der Waals surface area contributed by atoms with Crippen LogP contribution in [0.4, 0.5) is 0 Å². The maximum Gasteiger partial charge on any atom is 0.342 e. The molecule has 9 heteroatoms. The lowest BCUT2D eigenvalue weighted by Crippen LogP contribution is -2.34. The number of thioether (sulfide) groups is 1. The number of methoxy groups -OCH3 is 1. The largest absolute Gasteiger partial charge is 0.872 e. The molecule has 0 saturated carbocycles. The first-order valence-electron chi connectivity index (χ1n) is 11.7. The molecule has 8 nitrogen and oxygen atoms in total. The lowest BCUT2D eigenvalue weighted by atomic mass is 9.87. The Bertz CT molecular complexity index is 1370. The molecule has 0 aliphatic heterocycles. The number of carbonyl (C=O) groups excluding carboxylic acids is 1. The predicted octanol–water partition coefficient (Wildman–Crippen LogP) is 3.98. The van der Waals surface area contributed by atoms with Crippen LogP contribution in [-0.4, -0.2) is 35.2 Å². The number of aromatic nitrogens is 3. The highest BCUT2D eigenvalue weighted by Gasteiger charge is 2.25. The Labute approximate surface area is 220 Å². The summed E-state index contributed by atoms with van der Waals surface area (Å²) < 4.78 is 7.29. The fraction of sp³-hybridized carbons (Fsp3) is 0.214. The molecule has 0 fully saturated rings. The van der Waals surface area contributed by atoms with Gasteiger partial charge in [-0.15, -0.1) is 10.8 Å². The highest BCUT2D eigenvalue weighted by atomic mass is 32.2. The van der Waals surface area contributed by atoms with E-state index in [9.17, 15) is 9.90 Å². The minimum absolute atomic E-state index is 0.0504. The van der Waals surface area contributed by atoms with Crippen LogP contribution in [0, 0.1) is 0 Å². The minimum Gasteiger partial charge on any atom is -0.872 e. The molecule has 4 aromatic rings. The lowest BCUT2D eigenvalue weighted by molar-refractivity contribution is -0.625. The van der Waals surface area contributed by atoms with Gasteiger partial charge in [0.15, 0.2) is 0 Å². The third-order valence-electron chi connectivity index (χ3n) is 5.64. The Hall–Kier alpha value is -4.11. The van der Waals surface area contributed by atoms with Crippen molar-refractivity contribution in [1.82, 2.24) is 15.6 Å². The van der Waals surface area contributed by atoms with Crippen molar-refractivity contribution in [3.8, 4) is 28.6 Å². The van der Waals surface area contributed by atoms with Crippen molar-refractivity contribution >= 4 is 23.9 Å². The number of amides is 1. The van der Waals surface area contributed by atoms with Crippen molar-refractivity contribution in [2.45, 2.75) is 31.3 Å². The Morgan fingerprint density at radius 1 is 1.08 bits per heavy atom. The number of carbonyl (C=O) groups is 1. The van der Waals surface area contributed by atoms with E-state index in [0.717, 1.165) is 28.4 Å². The first-order chi connectivity index (χ1) is 17.7. The maximum absolute atomic E-state index is 12.4. The number of benzene rings is 3. The predicted molar refractivity (Wildman–Crippen MR) is 143 cm³/mol. The van der Waals surface area contributed by atoms with Gasteiger partial charge in [-0.1, -0.05) is 57.2 Å². The number of hydrogen-bond acceptors (Lipinski definition) is 6. The molecular weight excluding hydrogens is 486 g/mol. The molecule has 2 N–H and O–H groups in total. The normalized spacial score (nSPS) is 11.6. The number of rotatable bonds is 8. The lowest BCUT2D eigenvalue weighted by Gasteiger charge is -2.18. The van der Waals surface area contributed by atoms with Gasteiger partial charge in [0.25, 0.3) is 11.7 Å². The average molecular weight is 516 g/mol. The van der Waals surface area contributed by atoms with E-state index in [1.165, 1.54) is 35.7 Å². The molecule has 0 unspecified atom stereocenters. The summed E-state index contributed by atoms with van der Waals surface area (Å²) >= 11 is 1.29. The Morgan fingerprint density at radius 3 is 2.38 bits per heavy atom. The zero-order chi connectivity index (χ0) is 26.4. The summed E-state index contributed by atoms with van der Waals surface area (Å²) in [4.78, 5) is 12.4. The van der Waals surface area contributed by atoms with Crippen LogP contribution < -0.4 is 19.8 Å². The molecule has 0 spiro atoms. The molecule has 0 bridgehead atoms. The van der Waals surface area contributed by atoms with Crippen LogP contribution in [0.3, 0.4) is 0 Å². The van der Waals surface area contributed by atoms with Crippen LogP contribution >= 0.6 is 11.8 Å². The number of hydrazone groups is 1. The van der Waals surface area contributed by atoms with Gasteiger partial charge in [-0.2, -0.15) is 9.67 Å². The fourth-order valence-electron chi connectivity index (χ4n) is 3.58. The standard InChI is InChI=1S/C28H29N5O3S/c1-28(2,3)21-9-7-20(8-10-21)26-31-32-27(33(26)22-11-15-24(36-4)16-12-22)37-18-25(35)30-29-17-19-5-13-23(34)14-6-19/h5-17H,18H2,1-4H3,(H2,29,30,34,35). The second-order valence-electron chi connectivity index (χ2n) is 9.37. The number of H-pyrrole nitrogens is 1. The molecule has 37 heavy (non-hydrogen) atoms. The molecule has 3 aromatic carbocycles. The smallest absolute Gasteiger partial charge is 0.342 e. The molecule has 4 rings (SSSR count). The van der Waals surface area contributed by atoms with Crippen LogP contribution in [0.1, 0.15) is 31.9 Å². The van der Waals surface area contributed by atoms with Crippen molar-refractivity contribution < 1.29 is 19.2 Å². The summed E-state index contributed by atoms with van der Waals surface area (Å²) in [6.07, 6.45) is 1.49. The summed E-state index contributed by atoms with van der Waals surface area (Å²) in [6, 6.07) is 22.2. The van der Waals surface area contributed by atoms with Crippen LogP contribution in [0.5, 0.6) is 11.5 Å². The highest BCUT2D eigenvalue weighted by molar-refractivity contribution is 7.99. The van der Waals surface area contributed by atoms with E-state index in [0.29, 0.717) is 5.16 Å². The van der Waals surface area contributed by atoms with Crippen molar-refractivity contribution in [2.75, 3.05) is 12.9 Å². The molecule has 0 radical (unpaired) electrons. The van der Waals surface area contributed by atoms with E-state index in [4.69, 9.17) is 4.74 Å². The Kier molecular flexibility index (Phi) is 7.93. The molecule has 1 aromatic heterocycles. The van der Waals surface area contributed by atoms with Gasteiger partial charge in [0, 0.05) is 0 Å². The number of nitrogens with one attached hydrogen (secondary N) is 2. The average Bonchev–Trinajstić information content (AvgIpc) is 3.32. The number of hydrogen-bond donors (Lipinski definition) is 2. The van der Waals surface area contributed by atoms with Crippen LogP contribution in [0.25, 0.3) is 17.1 Å². The number of nitrogens with zero attached hydrogens (tertiary/aromatic N) is 3. The molecular formula is C28H29N5O3S. The third-order valence-corrected chi connectivity index (χ3v) is 6.58. The number of ether oxygens (including phenoxy) is 1.